The summed E-state index contributed by atoms with van der Waals surface area (Å²) < 4.78 is 23.9. The van der Waals surface area contributed by atoms with Gasteiger partial charge in [0.25, 0.3) is 0 Å². The first-order valence-corrected chi connectivity index (χ1v) is 12.4. The molecule has 1 heterocycles. The first-order chi connectivity index (χ1) is 15.0. The van der Waals surface area contributed by atoms with E-state index in [0.717, 1.165) is 23.2 Å². The van der Waals surface area contributed by atoms with E-state index in [4.69, 9.17) is 11.6 Å². The fraction of sp³-hybridized carbons (Fsp3) is 0.190. The third kappa shape index (κ3) is 5.84. The van der Waals surface area contributed by atoms with Gasteiger partial charge in [0.2, 0.25) is 0 Å². The van der Waals surface area contributed by atoms with Crippen molar-refractivity contribution in [2.75, 3.05) is 11.6 Å². The number of hydrogen-bond acceptors (Lipinski definition) is 6. The van der Waals surface area contributed by atoms with Crippen molar-refractivity contribution < 1.29 is 23.1 Å². The lowest BCUT2D eigenvalue weighted by Crippen LogP contribution is -2.44. The molecule has 3 N–H and O–H groups in total. The van der Waals surface area contributed by atoms with E-state index in [0.29, 0.717) is 16.1 Å². The SMILES string of the molecule is Cc1nc(NC(=O)N[C@H](Cc2ccccc2)C(=O)O)sc1-c1ccc(Cl)c(S(C)(=O)=O)c1. The van der Waals surface area contributed by atoms with E-state index in [2.05, 4.69) is 15.6 Å². The minimum atomic E-state index is -3.52. The molecule has 3 rings (SSSR count). The van der Waals surface area contributed by atoms with Crippen LogP contribution < -0.4 is 10.6 Å². The molecule has 0 aliphatic heterocycles. The molecule has 11 heteroatoms. The molecule has 0 aliphatic rings. The van der Waals surface area contributed by atoms with Crippen molar-refractivity contribution in [2.24, 2.45) is 0 Å². The Morgan fingerprint density at radius 3 is 2.50 bits per heavy atom. The molecule has 0 aliphatic carbocycles. The summed E-state index contributed by atoms with van der Waals surface area (Å²) in [6, 6.07) is 11.8. The van der Waals surface area contributed by atoms with Crippen molar-refractivity contribution in [2.45, 2.75) is 24.3 Å². The van der Waals surface area contributed by atoms with Crippen molar-refractivity contribution in [3.8, 4) is 10.4 Å². The second kappa shape index (κ2) is 9.68. The molecule has 0 bridgehead atoms. The zero-order valence-corrected chi connectivity index (χ0v) is 19.5. The number of urea groups is 1. The average molecular weight is 494 g/mol. The Morgan fingerprint density at radius 1 is 1.19 bits per heavy atom. The number of carboxylic acids is 1. The number of sulfone groups is 1. The van der Waals surface area contributed by atoms with E-state index in [-0.39, 0.29) is 21.5 Å². The molecule has 2 aromatic carbocycles. The Bertz CT molecular complexity index is 1260. The number of thiazole rings is 1. The van der Waals surface area contributed by atoms with E-state index in [1.807, 2.05) is 6.07 Å². The molecule has 0 saturated heterocycles. The molecular weight excluding hydrogens is 474 g/mol. The number of amides is 2. The molecule has 0 fully saturated rings. The lowest BCUT2D eigenvalue weighted by Gasteiger charge is -2.14. The largest absolute Gasteiger partial charge is 0.480 e. The van der Waals surface area contributed by atoms with Gasteiger partial charge >= 0.3 is 12.0 Å². The number of rotatable bonds is 7. The number of anilines is 1. The number of halogens is 1. The second-order valence-corrected chi connectivity index (χ2v) is 10.4. The van der Waals surface area contributed by atoms with E-state index in [1.54, 1.807) is 37.3 Å². The Morgan fingerprint density at radius 2 is 1.88 bits per heavy atom. The Hall–Kier alpha value is -2.95. The molecule has 1 aromatic heterocycles. The summed E-state index contributed by atoms with van der Waals surface area (Å²) >= 11 is 7.15. The maximum atomic E-state index is 12.4. The maximum Gasteiger partial charge on any atom is 0.326 e. The average Bonchev–Trinajstić information content (AvgIpc) is 3.07. The molecule has 2 amide bonds. The van der Waals surface area contributed by atoms with Crippen LogP contribution in [0.5, 0.6) is 0 Å². The van der Waals surface area contributed by atoms with Gasteiger partial charge in [0.15, 0.2) is 15.0 Å². The number of carbonyl (C=O) groups is 2. The van der Waals surface area contributed by atoms with Gasteiger partial charge in [-0.2, -0.15) is 0 Å². The minimum absolute atomic E-state index is 0.00179. The van der Waals surface area contributed by atoms with Crippen molar-refractivity contribution >= 4 is 49.9 Å². The minimum Gasteiger partial charge on any atom is -0.480 e. The lowest BCUT2D eigenvalue weighted by molar-refractivity contribution is -0.139. The van der Waals surface area contributed by atoms with Gasteiger partial charge in [0.1, 0.15) is 6.04 Å². The standard InChI is InChI=1S/C21H20ClN3O5S2/c1-12-18(14-8-9-15(22)17(11-14)32(2,29)30)31-21(23-12)25-20(28)24-16(19(26)27)10-13-6-4-3-5-7-13/h3-9,11,16H,10H2,1-2H3,(H,26,27)(H2,23,24,25,28)/t16-/m1/s1. The number of aromatic nitrogens is 1. The molecule has 168 valence electrons. The van der Waals surface area contributed by atoms with Crippen LogP contribution in [0.1, 0.15) is 11.3 Å². The summed E-state index contributed by atoms with van der Waals surface area (Å²) in [5.41, 5.74) is 1.94. The molecule has 3 aromatic rings. The predicted octanol–water partition coefficient (Wildman–Crippen LogP) is 3.99. The molecule has 8 nitrogen and oxygen atoms in total. The molecular formula is C21H20ClN3O5S2. The normalized spacial score (nSPS) is 12.2. The van der Waals surface area contributed by atoms with Gasteiger partial charge in [0, 0.05) is 12.7 Å². The van der Waals surface area contributed by atoms with E-state index in [9.17, 15) is 23.1 Å². The van der Waals surface area contributed by atoms with Gasteiger partial charge < -0.3 is 10.4 Å². The summed E-state index contributed by atoms with van der Waals surface area (Å²) in [5.74, 6) is -1.16. The number of nitrogens with one attached hydrogen (secondary N) is 2. The summed E-state index contributed by atoms with van der Waals surface area (Å²) in [6.07, 6.45) is 1.20. The van der Waals surface area contributed by atoms with Crippen molar-refractivity contribution in [3.05, 3.63) is 64.8 Å². The fourth-order valence-corrected chi connectivity index (χ4v) is 5.25. The smallest absolute Gasteiger partial charge is 0.326 e. The van der Waals surface area contributed by atoms with Gasteiger partial charge in [-0.15, -0.1) is 0 Å². The third-order valence-electron chi connectivity index (χ3n) is 4.50. The van der Waals surface area contributed by atoms with Crippen molar-refractivity contribution in [1.82, 2.24) is 10.3 Å². The lowest BCUT2D eigenvalue weighted by atomic mass is 10.1. The summed E-state index contributed by atoms with van der Waals surface area (Å²) in [4.78, 5) is 28.9. The maximum absolute atomic E-state index is 12.4. The molecule has 0 saturated carbocycles. The molecule has 1 atom stereocenters. The van der Waals surface area contributed by atoms with Gasteiger partial charge in [-0.1, -0.05) is 59.3 Å². The monoisotopic (exact) mass is 493 g/mol. The molecule has 0 radical (unpaired) electrons. The number of nitrogens with zero attached hydrogens (tertiary/aromatic N) is 1. The van der Waals surface area contributed by atoms with Crippen LogP contribution in [0.2, 0.25) is 5.02 Å². The predicted molar refractivity (Wildman–Crippen MR) is 124 cm³/mol. The van der Waals surface area contributed by atoms with Crippen LogP contribution in [0.25, 0.3) is 10.4 Å². The number of aliphatic carboxylic acids is 1. The highest BCUT2D eigenvalue weighted by Crippen LogP contribution is 2.35. The van der Waals surface area contributed by atoms with Crippen LogP contribution in [0.4, 0.5) is 9.93 Å². The highest BCUT2D eigenvalue weighted by Gasteiger charge is 2.22. The molecule has 32 heavy (non-hydrogen) atoms. The fourth-order valence-electron chi connectivity index (χ4n) is 2.99. The summed E-state index contributed by atoms with van der Waals surface area (Å²) in [6.45, 7) is 1.72. The number of aryl methyl sites for hydroxylation is 1. The van der Waals surface area contributed by atoms with Crippen molar-refractivity contribution in [3.63, 3.8) is 0 Å². The van der Waals surface area contributed by atoms with E-state index >= 15 is 0 Å². The van der Waals surface area contributed by atoms with Gasteiger partial charge in [-0.25, -0.2) is 23.0 Å². The number of carbonyl (C=O) groups excluding carboxylic acids is 1. The van der Waals surface area contributed by atoms with Crippen LogP contribution in [-0.4, -0.2) is 42.8 Å². The van der Waals surface area contributed by atoms with Crippen LogP contribution in [0, 0.1) is 6.92 Å². The topological polar surface area (TPSA) is 125 Å². The highest BCUT2D eigenvalue weighted by molar-refractivity contribution is 7.90. The van der Waals surface area contributed by atoms with Gasteiger partial charge in [0.05, 0.1) is 20.5 Å². The van der Waals surface area contributed by atoms with E-state index in [1.165, 1.54) is 12.1 Å². The number of hydrogen-bond donors (Lipinski definition) is 3. The van der Waals surface area contributed by atoms with Crippen LogP contribution in [-0.2, 0) is 21.1 Å². The molecule has 0 spiro atoms. The van der Waals surface area contributed by atoms with Gasteiger partial charge in [-0.05, 0) is 30.2 Å². The van der Waals surface area contributed by atoms with Crippen molar-refractivity contribution in [1.29, 1.82) is 0 Å². The second-order valence-electron chi connectivity index (χ2n) is 7.03. The van der Waals surface area contributed by atoms with E-state index < -0.39 is 27.9 Å². The summed E-state index contributed by atoms with van der Waals surface area (Å²) in [5, 5.41) is 14.8. The Labute approximate surface area is 194 Å². The third-order valence-corrected chi connectivity index (χ3v) is 7.20. The number of carboxylic acid groups (broad SMARTS) is 1. The van der Waals surface area contributed by atoms with Crippen LogP contribution >= 0.6 is 22.9 Å². The Kier molecular flexibility index (Phi) is 7.17. The van der Waals surface area contributed by atoms with Gasteiger partial charge in [-0.3, -0.25) is 5.32 Å². The van der Waals surface area contributed by atoms with Crippen LogP contribution in [0.3, 0.4) is 0 Å². The Balaban J connectivity index is 1.76. The summed E-state index contributed by atoms with van der Waals surface area (Å²) in [7, 11) is -3.52. The zero-order chi connectivity index (χ0) is 23.5. The zero-order valence-electron chi connectivity index (χ0n) is 17.1. The number of benzene rings is 2. The molecule has 0 unspecified atom stereocenters. The highest BCUT2D eigenvalue weighted by atomic mass is 35.5. The van der Waals surface area contributed by atoms with Crippen LogP contribution in [0.15, 0.2) is 53.4 Å². The quantitative estimate of drug-likeness (QED) is 0.457. The first-order valence-electron chi connectivity index (χ1n) is 9.36. The first kappa shape index (κ1) is 23.7.